The molecule has 0 amide bonds. The zero-order chi connectivity index (χ0) is 18.2. The molecule has 26 heavy (non-hydrogen) atoms. The minimum atomic E-state index is -0.254. The molecule has 144 valence electrons. The molecular formula is C18H26FIN4OS. The van der Waals surface area contributed by atoms with Crippen molar-refractivity contribution in [1.29, 1.82) is 0 Å². The lowest BCUT2D eigenvalue weighted by Gasteiger charge is -2.11. The zero-order valence-electron chi connectivity index (χ0n) is 15.6. The van der Waals surface area contributed by atoms with Crippen molar-refractivity contribution in [2.45, 2.75) is 40.5 Å². The van der Waals surface area contributed by atoms with Crippen LogP contribution in [0.1, 0.15) is 33.6 Å². The van der Waals surface area contributed by atoms with Crippen LogP contribution in [0.15, 0.2) is 23.2 Å². The fourth-order valence-electron chi connectivity index (χ4n) is 2.41. The zero-order valence-corrected chi connectivity index (χ0v) is 18.7. The van der Waals surface area contributed by atoms with E-state index >= 15 is 0 Å². The Labute approximate surface area is 175 Å². The number of thiazole rings is 1. The second-order valence-corrected chi connectivity index (χ2v) is 6.94. The highest BCUT2D eigenvalue weighted by atomic mass is 127. The van der Waals surface area contributed by atoms with Gasteiger partial charge in [0.15, 0.2) is 5.96 Å². The van der Waals surface area contributed by atoms with Crippen LogP contribution in [-0.2, 0) is 24.4 Å². The normalized spacial score (nSPS) is 11.2. The van der Waals surface area contributed by atoms with Gasteiger partial charge in [0.25, 0.3) is 0 Å². The van der Waals surface area contributed by atoms with Crippen molar-refractivity contribution in [1.82, 2.24) is 15.6 Å². The molecule has 5 nitrogen and oxygen atoms in total. The van der Waals surface area contributed by atoms with Gasteiger partial charge in [0.1, 0.15) is 5.82 Å². The number of methoxy groups -OCH3 is 1. The first-order chi connectivity index (χ1) is 12.0. The molecule has 8 heteroatoms. The number of halogens is 2. The first kappa shape index (κ1) is 22.8. The second kappa shape index (κ2) is 11.5. The van der Waals surface area contributed by atoms with Gasteiger partial charge in [0.05, 0.1) is 30.4 Å². The van der Waals surface area contributed by atoms with Gasteiger partial charge in [0, 0.05) is 24.1 Å². The van der Waals surface area contributed by atoms with Crippen LogP contribution in [-0.4, -0.2) is 24.6 Å². The molecule has 0 aliphatic rings. The average molecular weight is 492 g/mol. The molecule has 1 aromatic carbocycles. The van der Waals surface area contributed by atoms with Crippen LogP contribution in [0.2, 0.25) is 0 Å². The lowest BCUT2D eigenvalue weighted by Crippen LogP contribution is -2.36. The van der Waals surface area contributed by atoms with Crippen LogP contribution < -0.4 is 10.6 Å². The summed E-state index contributed by atoms with van der Waals surface area (Å²) in [5.41, 5.74) is 2.54. The first-order valence-electron chi connectivity index (χ1n) is 8.24. The number of rotatable bonds is 7. The van der Waals surface area contributed by atoms with Gasteiger partial charge in [0.2, 0.25) is 0 Å². The van der Waals surface area contributed by atoms with E-state index in [1.165, 1.54) is 10.9 Å². The molecule has 2 rings (SSSR count). The molecule has 2 N–H and O–H groups in total. The van der Waals surface area contributed by atoms with E-state index in [0.29, 0.717) is 18.7 Å². The van der Waals surface area contributed by atoms with Crippen molar-refractivity contribution in [2.75, 3.05) is 13.7 Å². The van der Waals surface area contributed by atoms with Crippen molar-refractivity contribution in [3.05, 3.63) is 50.7 Å². The molecule has 0 unspecified atom stereocenters. The molecule has 0 saturated carbocycles. The number of nitrogens with zero attached hydrogens (tertiary/aromatic N) is 2. The van der Waals surface area contributed by atoms with Crippen LogP contribution in [0.3, 0.4) is 0 Å². The third-order valence-corrected chi connectivity index (χ3v) is 4.66. The summed E-state index contributed by atoms with van der Waals surface area (Å²) in [6.07, 6.45) is 0. The summed E-state index contributed by atoms with van der Waals surface area (Å²) in [5, 5.41) is 7.61. The molecule has 0 bridgehead atoms. The van der Waals surface area contributed by atoms with Crippen LogP contribution >= 0.6 is 35.3 Å². The smallest absolute Gasteiger partial charge is 0.191 e. The summed E-state index contributed by atoms with van der Waals surface area (Å²) in [7, 11) is 1.56. The molecule has 0 spiro atoms. The monoisotopic (exact) mass is 492 g/mol. The minimum absolute atomic E-state index is 0. The van der Waals surface area contributed by atoms with Crippen molar-refractivity contribution >= 4 is 41.3 Å². The van der Waals surface area contributed by atoms with E-state index in [1.54, 1.807) is 30.6 Å². The third-order valence-electron chi connectivity index (χ3n) is 3.59. The van der Waals surface area contributed by atoms with Crippen LogP contribution in [0.4, 0.5) is 4.39 Å². The second-order valence-electron chi connectivity index (χ2n) is 5.65. The maximum atomic E-state index is 13.7. The summed E-state index contributed by atoms with van der Waals surface area (Å²) in [4.78, 5) is 10.2. The van der Waals surface area contributed by atoms with Crippen LogP contribution in [0.25, 0.3) is 0 Å². The molecule has 0 saturated heterocycles. The average Bonchev–Trinajstić information content (AvgIpc) is 2.90. The molecule has 0 fully saturated rings. The number of guanidine groups is 1. The van der Waals surface area contributed by atoms with E-state index in [0.717, 1.165) is 28.8 Å². The fraction of sp³-hybridized carbons (Fsp3) is 0.444. The van der Waals surface area contributed by atoms with Gasteiger partial charge in [-0.05, 0) is 38.5 Å². The molecule has 1 aromatic heterocycles. The molecular weight excluding hydrogens is 466 g/mol. The molecule has 0 radical (unpaired) electrons. The molecule has 1 heterocycles. The summed E-state index contributed by atoms with van der Waals surface area (Å²) >= 11 is 1.69. The quantitative estimate of drug-likeness (QED) is 0.350. The number of hydrogen-bond donors (Lipinski definition) is 2. The number of hydrogen-bond acceptors (Lipinski definition) is 4. The van der Waals surface area contributed by atoms with E-state index in [9.17, 15) is 4.39 Å². The fourth-order valence-corrected chi connectivity index (χ4v) is 3.28. The van der Waals surface area contributed by atoms with Crippen molar-refractivity contribution in [3.8, 4) is 0 Å². The van der Waals surface area contributed by atoms with E-state index in [4.69, 9.17) is 4.74 Å². The standard InChI is InChI=1S/C18H25FN4OS.HI/c1-5-20-18(22-10-17-12(2)23-13(3)25-17)21-9-14-6-7-16(19)15(8-14)11-24-4;/h6-8H,5,9-11H2,1-4H3,(H2,20,21,22);1H. The predicted molar refractivity (Wildman–Crippen MR) is 116 cm³/mol. The van der Waals surface area contributed by atoms with Crippen LogP contribution in [0, 0.1) is 19.7 Å². The Morgan fingerprint density at radius 1 is 1.31 bits per heavy atom. The largest absolute Gasteiger partial charge is 0.380 e. The summed E-state index contributed by atoms with van der Waals surface area (Å²) in [6, 6.07) is 5.00. The van der Waals surface area contributed by atoms with Gasteiger partial charge in [-0.1, -0.05) is 6.07 Å². The molecule has 0 atom stereocenters. The third kappa shape index (κ3) is 6.81. The number of aliphatic imine (C=N–C) groups is 1. The maximum Gasteiger partial charge on any atom is 0.191 e. The Morgan fingerprint density at radius 3 is 2.69 bits per heavy atom. The Hall–Kier alpha value is -1.26. The summed E-state index contributed by atoms with van der Waals surface area (Å²) in [6.45, 7) is 8.21. The summed E-state index contributed by atoms with van der Waals surface area (Å²) < 4.78 is 18.7. The number of aryl methyl sites for hydroxylation is 2. The van der Waals surface area contributed by atoms with E-state index < -0.39 is 0 Å². The van der Waals surface area contributed by atoms with Crippen molar-refractivity contribution < 1.29 is 9.13 Å². The molecule has 2 aromatic rings. The van der Waals surface area contributed by atoms with Gasteiger partial charge in [-0.2, -0.15) is 0 Å². The predicted octanol–water partition coefficient (Wildman–Crippen LogP) is 3.92. The number of benzene rings is 1. The maximum absolute atomic E-state index is 13.7. The van der Waals surface area contributed by atoms with E-state index in [2.05, 4.69) is 20.6 Å². The lowest BCUT2D eigenvalue weighted by atomic mass is 10.1. The van der Waals surface area contributed by atoms with E-state index in [-0.39, 0.29) is 36.4 Å². The van der Waals surface area contributed by atoms with Gasteiger partial charge < -0.3 is 15.4 Å². The molecule has 0 aliphatic heterocycles. The van der Waals surface area contributed by atoms with Gasteiger partial charge in [-0.15, -0.1) is 35.3 Å². The molecule has 0 aliphatic carbocycles. The number of nitrogens with one attached hydrogen (secondary N) is 2. The van der Waals surface area contributed by atoms with Crippen LogP contribution in [0.5, 0.6) is 0 Å². The topological polar surface area (TPSA) is 58.5 Å². The Kier molecular flexibility index (Phi) is 10.0. The van der Waals surface area contributed by atoms with Crippen molar-refractivity contribution in [3.63, 3.8) is 0 Å². The Balaban J connectivity index is 0.00000338. The minimum Gasteiger partial charge on any atom is -0.380 e. The summed E-state index contributed by atoms with van der Waals surface area (Å²) in [5.74, 6) is 0.473. The Morgan fingerprint density at radius 2 is 2.08 bits per heavy atom. The highest BCUT2D eigenvalue weighted by molar-refractivity contribution is 14.0. The van der Waals surface area contributed by atoms with Crippen molar-refractivity contribution in [2.24, 2.45) is 4.99 Å². The van der Waals surface area contributed by atoms with Gasteiger partial charge in [-0.3, -0.25) is 0 Å². The number of aromatic nitrogens is 1. The number of ether oxygens (including phenoxy) is 1. The van der Waals surface area contributed by atoms with Gasteiger partial charge >= 0.3 is 0 Å². The lowest BCUT2D eigenvalue weighted by molar-refractivity contribution is 0.181. The Bertz CT molecular complexity index is 736. The van der Waals surface area contributed by atoms with E-state index in [1.807, 2.05) is 20.8 Å². The SMILES string of the molecule is CCNC(=NCc1ccc(F)c(COC)c1)NCc1sc(C)nc1C.I. The first-order valence-corrected chi connectivity index (χ1v) is 9.06. The highest BCUT2D eigenvalue weighted by Gasteiger charge is 2.07. The highest BCUT2D eigenvalue weighted by Crippen LogP contribution is 2.16. The van der Waals surface area contributed by atoms with Gasteiger partial charge in [-0.25, -0.2) is 14.4 Å².